The summed E-state index contributed by atoms with van der Waals surface area (Å²) in [6, 6.07) is 3.34. The Labute approximate surface area is 113 Å². The summed E-state index contributed by atoms with van der Waals surface area (Å²) >= 11 is 0. The van der Waals surface area contributed by atoms with E-state index in [1.165, 1.54) is 0 Å². The number of hydrogen-bond acceptors (Lipinski definition) is 3. The summed E-state index contributed by atoms with van der Waals surface area (Å²) in [4.78, 5) is 5.79. The first-order chi connectivity index (χ1) is 8.20. The molecule has 0 bridgehead atoms. The van der Waals surface area contributed by atoms with Gasteiger partial charge in [-0.15, -0.1) is 0 Å². The molecular formula is C14H30O3Si. The molecule has 1 unspecified atom stereocenters. The van der Waals surface area contributed by atoms with Gasteiger partial charge in [0.1, 0.15) is 0 Å². The van der Waals surface area contributed by atoms with Crippen molar-refractivity contribution in [1.29, 1.82) is 0 Å². The van der Waals surface area contributed by atoms with Crippen LogP contribution in [0.25, 0.3) is 0 Å². The molecule has 0 spiro atoms. The highest BCUT2D eigenvalue weighted by molar-refractivity contribution is 6.73. The van der Waals surface area contributed by atoms with E-state index in [1.54, 1.807) is 0 Å². The highest BCUT2D eigenvalue weighted by Crippen LogP contribution is 2.41. The second kappa shape index (κ2) is 5.61. The van der Waals surface area contributed by atoms with Gasteiger partial charge in [0.25, 0.3) is 0 Å². The molecule has 1 fully saturated rings. The lowest BCUT2D eigenvalue weighted by atomic mass is 9.97. The zero-order chi connectivity index (χ0) is 14.0. The first kappa shape index (κ1) is 16.2. The quantitative estimate of drug-likeness (QED) is 0.286. The van der Waals surface area contributed by atoms with Crippen molar-refractivity contribution >= 4 is 8.32 Å². The van der Waals surface area contributed by atoms with Crippen LogP contribution < -0.4 is 0 Å². The molecule has 0 radical (unpaired) electrons. The minimum absolute atomic E-state index is 0.0232. The molecule has 0 aromatic rings. The first-order valence-corrected chi connectivity index (χ1v) is 9.78. The SMILES string of the molecule is CC[Si](CC)(CC)OOC(C)(C)CC1OC1(C)C. The van der Waals surface area contributed by atoms with E-state index in [0.29, 0.717) is 6.10 Å². The molecule has 3 nitrogen and oxygen atoms in total. The van der Waals surface area contributed by atoms with Crippen LogP contribution in [-0.2, 0) is 14.2 Å². The summed E-state index contributed by atoms with van der Waals surface area (Å²) in [6.07, 6.45) is 1.19. The Kier molecular flexibility index (Phi) is 5.04. The molecule has 0 saturated carbocycles. The summed E-state index contributed by atoms with van der Waals surface area (Å²) in [5.74, 6) is 0. The van der Waals surface area contributed by atoms with Crippen LogP contribution in [0.2, 0.25) is 18.1 Å². The van der Waals surface area contributed by atoms with E-state index in [9.17, 15) is 0 Å². The molecule has 0 aliphatic carbocycles. The van der Waals surface area contributed by atoms with Gasteiger partial charge >= 0.3 is 0 Å². The van der Waals surface area contributed by atoms with Crippen molar-refractivity contribution in [3.05, 3.63) is 0 Å². The Morgan fingerprint density at radius 1 is 1.11 bits per heavy atom. The second-order valence-corrected chi connectivity index (χ2v) is 11.2. The lowest BCUT2D eigenvalue weighted by Gasteiger charge is -2.32. The number of ether oxygens (including phenoxy) is 1. The highest BCUT2D eigenvalue weighted by atomic mass is 28.4. The van der Waals surface area contributed by atoms with Crippen molar-refractivity contribution in [3.63, 3.8) is 0 Å². The zero-order valence-corrected chi connectivity index (χ0v) is 14.1. The van der Waals surface area contributed by atoms with Gasteiger partial charge < -0.3 is 4.74 Å². The number of rotatable bonds is 8. The molecule has 18 heavy (non-hydrogen) atoms. The van der Waals surface area contributed by atoms with Crippen LogP contribution in [-0.4, -0.2) is 25.6 Å². The Morgan fingerprint density at radius 3 is 1.89 bits per heavy atom. The maximum Gasteiger partial charge on any atom is 0.238 e. The molecule has 1 atom stereocenters. The van der Waals surface area contributed by atoms with Crippen molar-refractivity contribution in [2.24, 2.45) is 0 Å². The van der Waals surface area contributed by atoms with Crippen molar-refractivity contribution < 1.29 is 14.2 Å². The summed E-state index contributed by atoms with van der Waals surface area (Å²) in [5, 5.41) is 0. The highest BCUT2D eigenvalue weighted by Gasteiger charge is 2.50. The summed E-state index contributed by atoms with van der Waals surface area (Å²) in [5.41, 5.74) is -0.244. The van der Waals surface area contributed by atoms with Crippen LogP contribution in [0.15, 0.2) is 0 Å². The third kappa shape index (κ3) is 4.05. The zero-order valence-electron chi connectivity index (χ0n) is 13.1. The molecule has 108 valence electrons. The van der Waals surface area contributed by atoms with Gasteiger partial charge in [-0.1, -0.05) is 20.8 Å². The molecule has 0 aromatic carbocycles. The van der Waals surface area contributed by atoms with Crippen LogP contribution >= 0.6 is 0 Å². The van der Waals surface area contributed by atoms with E-state index in [2.05, 4.69) is 48.5 Å². The van der Waals surface area contributed by atoms with E-state index in [1.807, 2.05) is 0 Å². The molecule has 0 aromatic heterocycles. The second-order valence-electron chi connectivity index (χ2n) is 6.58. The normalized spacial score (nSPS) is 23.2. The molecule has 1 aliphatic heterocycles. The summed E-state index contributed by atoms with van der Waals surface area (Å²) < 4.78 is 11.5. The van der Waals surface area contributed by atoms with Crippen molar-refractivity contribution in [3.8, 4) is 0 Å². The van der Waals surface area contributed by atoms with Crippen molar-refractivity contribution in [1.82, 2.24) is 0 Å². The van der Waals surface area contributed by atoms with E-state index < -0.39 is 8.32 Å². The van der Waals surface area contributed by atoms with Gasteiger partial charge in [-0.2, -0.15) is 0 Å². The molecule has 1 saturated heterocycles. The predicted octanol–water partition coefficient (Wildman–Crippen LogP) is 4.29. The number of epoxide rings is 1. The fourth-order valence-corrected chi connectivity index (χ4v) is 4.48. The maximum absolute atomic E-state index is 5.92. The van der Waals surface area contributed by atoms with Crippen LogP contribution in [0.1, 0.15) is 54.9 Å². The van der Waals surface area contributed by atoms with E-state index in [0.717, 1.165) is 24.6 Å². The molecular weight excluding hydrogens is 244 g/mol. The summed E-state index contributed by atoms with van der Waals surface area (Å²) in [7, 11) is -1.66. The van der Waals surface area contributed by atoms with E-state index >= 15 is 0 Å². The molecule has 1 rings (SSSR count). The third-order valence-corrected chi connectivity index (χ3v) is 8.52. The third-order valence-electron chi connectivity index (χ3n) is 4.22. The average Bonchev–Trinajstić information content (AvgIpc) is 2.87. The Balaban J connectivity index is 2.45. The maximum atomic E-state index is 5.92. The van der Waals surface area contributed by atoms with Crippen LogP contribution in [0.4, 0.5) is 0 Å². The van der Waals surface area contributed by atoms with Crippen LogP contribution in [0.3, 0.4) is 0 Å². The minimum atomic E-state index is -1.66. The fraction of sp³-hybridized carbons (Fsp3) is 1.00. The fourth-order valence-electron chi connectivity index (χ4n) is 2.23. The van der Waals surface area contributed by atoms with Gasteiger partial charge in [0.05, 0.1) is 17.3 Å². The predicted molar refractivity (Wildman–Crippen MR) is 77.0 cm³/mol. The molecule has 1 heterocycles. The van der Waals surface area contributed by atoms with Gasteiger partial charge in [-0.3, -0.25) is 4.58 Å². The summed E-state index contributed by atoms with van der Waals surface area (Å²) in [6.45, 7) is 15.1. The topological polar surface area (TPSA) is 31.0 Å². The Hall–Kier alpha value is 0.0969. The lowest BCUT2D eigenvalue weighted by molar-refractivity contribution is -0.294. The van der Waals surface area contributed by atoms with Crippen LogP contribution in [0.5, 0.6) is 0 Å². The van der Waals surface area contributed by atoms with Gasteiger partial charge in [0, 0.05) is 6.42 Å². The molecule has 0 N–H and O–H groups in total. The largest absolute Gasteiger partial charge is 0.367 e. The molecule has 0 amide bonds. The van der Waals surface area contributed by atoms with Gasteiger partial charge in [-0.25, -0.2) is 4.89 Å². The first-order valence-electron chi connectivity index (χ1n) is 7.25. The van der Waals surface area contributed by atoms with Gasteiger partial charge in [0.2, 0.25) is 8.32 Å². The van der Waals surface area contributed by atoms with Gasteiger partial charge in [-0.05, 0) is 45.8 Å². The van der Waals surface area contributed by atoms with E-state index in [-0.39, 0.29) is 11.2 Å². The Bertz CT molecular complexity index is 264. The lowest BCUT2D eigenvalue weighted by Crippen LogP contribution is -2.40. The van der Waals surface area contributed by atoms with Gasteiger partial charge in [0.15, 0.2) is 0 Å². The van der Waals surface area contributed by atoms with Crippen LogP contribution in [0, 0.1) is 0 Å². The monoisotopic (exact) mass is 274 g/mol. The smallest absolute Gasteiger partial charge is 0.238 e. The van der Waals surface area contributed by atoms with Crippen molar-refractivity contribution in [2.75, 3.05) is 0 Å². The van der Waals surface area contributed by atoms with Crippen molar-refractivity contribution in [2.45, 2.75) is 90.3 Å². The van der Waals surface area contributed by atoms with E-state index in [4.69, 9.17) is 14.2 Å². The average molecular weight is 274 g/mol. The Morgan fingerprint density at radius 2 is 1.56 bits per heavy atom. The molecule has 4 heteroatoms. The standard InChI is InChI=1S/C14H30O3Si/c1-8-18(9-2,10-3)17-16-13(4,5)11-12-14(6,7)15-12/h12H,8-11H2,1-7H3. The molecule has 1 aliphatic rings. The minimum Gasteiger partial charge on any atom is -0.367 e. The number of hydrogen-bond donors (Lipinski definition) is 0.